The minimum Gasteiger partial charge on any atom is -0.459 e. The Kier molecular flexibility index (Phi) is 6.49. The fraction of sp³-hybridized carbons (Fsp3) is 0.450. The molecule has 0 fully saturated rings. The van der Waals surface area contributed by atoms with Gasteiger partial charge in [-0.1, -0.05) is 11.9 Å². The first-order valence-corrected chi connectivity index (χ1v) is 11.4. The van der Waals surface area contributed by atoms with Gasteiger partial charge in [0.25, 0.3) is 5.91 Å². The zero-order valence-electron chi connectivity index (χ0n) is 18.2. The van der Waals surface area contributed by atoms with Gasteiger partial charge < -0.3 is 20.2 Å². The first-order chi connectivity index (χ1) is 15.9. The molecule has 1 unspecified atom stereocenters. The van der Waals surface area contributed by atoms with Crippen LogP contribution in [0.25, 0.3) is 0 Å². The third kappa shape index (κ3) is 4.92. The summed E-state index contributed by atoms with van der Waals surface area (Å²) >= 11 is 1.41. The van der Waals surface area contributed by atoms with Crippen LogP contribution in [0, 0.1) is 10.1 Å². The molecule has 3 heterocycles. The Labute approximate surface area is 192 Å². The van der Waals surface area contributed by atoms with Crippen LogP contribution >= 0.6 is 11.3 Å². The highest BCUT2D eigenvalue weighted by Crippen LogP contribution is 2.39. The lowest BCUT2D eigenvalue weighted by molar-refractivity contribution is -0.394. The Morgan fingerprint density at radius 1 is 1.30 bits per heavy atom. The van der Waals surface area contributed by atoms with E-state index in [2.05, 4.69) is 20.5 Å². The number of aromatic nitrogens is 5. The van der Waals surface area contributed by atoms with Crippen LogP contribution in [0.3, 0.4) is 0 Å². The molecule has 3 aromatic rings. The average Bonchev–Trinajstić information content (AvgIpc) is 3.52. The highest BCUT2D eigenvalue weighted by Gasteiger charge is 2.28. The van der Waals surface area contributed by atoms with E-state index in [1.165, 1.54) is 33.1 Å². The van der Waals surface area contributed by atoms with Crippen molar-refractivity contribution in [3.05, 3.63) is 50.4 Å². The van der Waals surface area contributed by atoms with Crippen LogP contribution < -0.4 is 5.32 Å². The first kappa shape index (κ1) is 22.6. The number of ether oxygens (including phenoxy) is 1. The maximum Gasteiger partial charge on any atom is 0.491 e. The molecule has 33 heavy (non-hydrogen) atoms. The Balaban J connectivity index is 1.52. The third-order valence-corrected chi connectivity index (χ3v) is 6.54. The van der Waals surface area contributed by atoms with Crippen molar-refractivity contribution < 1.29 is 19.2 Å². The average molecular weight is 474 g/mol. The maximum atomic E-state index is 12.9. The lowest BCUT2D eigenvalue weighted by Crippen LogP contribution is -2.19. The largest absolute Gasteiger partial charge is 0.491 e. The molecule has 0 saturated heterocycles. The predicted molar refractivity (Wildman–Crippen MR) is 118 cm³/mol. The van der Waals surface area contributed by atoms with Crippen LogP contribution in [-0.2, 0) is 24.2 Å². The second kappa shape index (κ2) is 9.48. The van der Waals surface area contributed by atoms with E-state index in [-0.39, 0.29) is 18.5 Å². The van der Waals surface area contributed by atoms with Crippen molar-refractivity contribution in [2.45, 2.75) is 58.7 Å². The fourth-order valence-corrected chi connectivity index (χ4v) is 4.78. The van der Waals surface area contributed by atoms with E-state index in [1.54, 1.807) is 6.20 Å². The highest BCUT2D eigenvalue weighted by atomic mass is 32.1. The summed E-state index contributed by atoms with van der Waals surface area (Å²) in [5.74, 6) is -1.40. The quantitative estimate of drug-likeness (QED) is 0.298. The number of nitrogens with zero attached hydrogens (tertiary/aromatic N) is 6. The topological polar surface area (TPSA) is 147 Å². The van der Waals surface area contributed by atoms with Crippen LogP contribution in [0.1, 0.15) is 64.4 Å². The highest BCUT2D eigenvalue weighted by molar-refractivity contribution is 7.17. The molecule has 4 rings (SSSR count). The van der Waals surface area contributed by atoms with Gasteiger partial charge in [-0.05, 0) is 55.6 Å². The van der Waals surface area contributed by atoms with Crippen molar-refractivity contribution in [3.63, 3.8) is 0 Å². The molecule has 0 saturated carbocycles. The van der Waals surface area contributed by atoms with E-state index >= 15 is 0 Å². The van der Waals surface area contributed by atoms with Gasteiger partial charge in [0.05, 0.1) is 11.7 Å². The molecule has 13 heteroatoms. The van der Waals surface area contributed by atoms with Gasteiger partial charge in [0.2, 0.25) is 6.33 Å². The lowest BCUT2D eigenvalue weighted by Gasteiger charge is -2.15. The van der Waals surface area contributed by atoms with Crippen molar-refractivity contribution in [1.29, 1.82) is 0 Å². The molecule has 174 valence electrons. The Bertz CT molecular complexity index is 1200. The van der Waals surface area contributed by atoms with Gasteiger partial charge in [0.1, 0.15) is 5.00 Å². The lowest BCUT2D eigenvalue weighted by atomic mass is 9.95. The van der Waals surface area contributed by atoms with Gasteiger partial charge in [0.15, 0.2) is 12.4 Å². The number of aryl methyl sites for hydroxylation is 1. The number of hydrogen-bond acceptors (Lipinski definition) is 9. The minimum absolute atomic E-state index is 0.0495. The molecule has 1 amide bonds. The number of amides is 1. The van der Waals surface area contributed by atoms with Crippen LogP contribution in [0.2, 0.25) is 0 Å². The molecule has 3 aromatic heterocycles. The zero-order valence-corrected chi connectivity index (χ0v) is 19.0. The normalized spacial score (nSPS) is 13.9. The molecule has 0 aromatic carbocycles. The van der Waals surface area contributed by atoms with Crippen LogP contribution in [0.4, 0.5) is 10.9 Å². The van der Waals surface area contributed by atoms with Crippen molar-refractivity contribution in [2.24, 2.45) is 0 Å². The van der Waals surface area contributed by atoms with E-state index in [1.807, 2.05) is 13.8 Å². The summed E-state index contributed by atoms with van der Waals surface area (Å²) in [6, 6.07) is 1.52. The van der Waals surface area contributed by atoms with Gasteiger partial charge in [-0.25, -0.2) is 9.48 Å². The molecule has 0 bridgehead atoms. The minimum atomic E-state index is -0.692. The smallest absolute Gasteiger partial charge is 0.459 e. The maximum absolute atomic E-state index is 12.9. The van der Waals surface area contributed by atoms with Gasteiger partial charge in [-0.3, -0.25) is 4.79 Å². The van der Waals surface area contributed by atoms with Crippen LogP contribution in [-0.4, -0.2) is 47.4 Å². The Morgan fingerprint density at radius 3 is 2.82 bits per heavy atom. The van der Waals surface area contributed by atoms with Crippen molar-refractivity contribution in [2.75, 3.05) is 5.32 Å². The number of fused-ring (bicyclic) bond motifs is 1. The fourth-order valence-electron chi connectivity index (χ4n) is 3.51. The molecular weight excluding hydrogens is 450 g/mol. The van der Waals surface area contributed by atoms with Gasteiger partial charge in [0, 0.05) is 16.2 Å². The third-order valence-electron chi connectivity index (χ3n) is 5.34. The van der Waals surface area contributed by atoms with Crippen LogP contribution in [0.15, 0.2) is 18.6 Å². The Hall–Kier alpha value is -3.61. The van der Waals surface area contributed by atoms with Gasteiger partial charge in [-0.2, -0.15) is 9.78 Å². The molecule has 1 atom stereocenters. The number of esters is 1. The molecule has 12 nitrogen and oxygen atoms in total. The summed E-state index contributed by atoms with van der Waals surface area (Å²) in [5.41, 5.74) is 1.54. The molecule has 1 aliphatic carbocycles. The van der Waals surface area contributed by atoms with E-state index in [0.717, 1.165) is 36.1 Å². The van der Waals surface area contributed by atoms with E-state index < -0.39 is 22.7 Å². The first-order valence-electron chi connectivity index (χ1n) is 10.6. The van der Waals surface area contributed by atoms with E-state index in [4.69, 9.17) is 4.74 Å². The molecular formula is C20H23N7O5S. The van der Waals surface area contributed by atoms with Gasteiger partial charge in [-0.15, -0.1) is 11.3 Å². The molecule has 0 aliphatic heterocycles. The van der Waals surface area contributed by atoms with Crippen molar-refractivity contribution >= 4 is 34.2 Å². The summed E-state index contributed by atoms with van der Waals surface area (Å²) in [5, 5.41) is 22.0. The van der Waals surface area contributed by atoms with E-state index in [0.29, 0.717) is 17.0 Å². The molecule has 0 spiro atoms. The summed E-state index contributed by atoms with van der Waals surface area (Å²) in [6.45, 7) is 3.83. The summed E-state index contributed by atoms with van der Waals surface area (Å²) in [7, 11) is 0. The second-order valence-electron chi connectivity index (χ2n) is 7.72. The molecule has 0 radical (unpaired) electrons. The number of nitro groups is 1. The van der Waals surface area contributed by atoms with E-state index in [9.17, 15) is 19.7 Å². The second-order valence-corrected chi connectivity index (χ2v) is 8.82. The monoisotopic (exact) mass is 473 g/mol. The summed E-state index contributed by atoms with van der Waals surface area (Å²) in [4.78, 5) is 40.5. The standard InChI is InChI=1S/C20H23N7O5S/c1-3-12(2)32-19(29)16-13-6-4-5-7-15(13)33-18(16)22-17(28)14-8-9-25(23-14)11-26-10-21-20(24-26)27(30)31/h8-10,12H,3-7,11H2,1-2H3,(H,22,28). The van der Waals surface area contributed by atoms with Crippen molar-refractivity contribution in [3.8, 4) is 0 Å². The zero-order chi connectivity index (χ0) is 23.5. The number of anilines is 1. The summed E-state index contributed by atoms with van der Waals surface area (Å²) in [6.07, 6.45) is 6.95. The number of carbonyl (C=O) groups excluding carboxylic acids is 2. The molecule has 1 aliphatic rings. The summed E-state index contributed by atoms with van der Waals surface area (Å²) < 4.78 is 8.21. The molecule has 1 N–H and O–H groups in total. The number of nitrogens with one attached hydrogen (secondary N) is 1. The SMILES string of the molecule is CCC(C)OC(=O)c1c(NC(=O)c2ccn(Cn3cnc([N+](=O)[O-])n3)n2)sc2c1CCCC2. The number of rotatable bonds is 8. The number of thiophene rings is 1. The van der Waals surface area contributed by atoms with Crippen LogP contribution in [0.5, 0.6) is 0 Å². The van der Waals surface area contributed by atoms with Gasteiger partial charge >= 0.3 is 11.9 Å². The predicted octanol–water partition coefficient (Wildman–Crippen LogP) is 3.04. The van der Waals surface area contributed by atoms with Crippen molar-refractivity contribution in [1.82, 2.24) is 24.5 Å². The Morgan fingerprint density at radius 2 is 2.09 bits per heavy atom. The number of carbonyl (C=O) groups is 2. The number of hydrogen-bond donors (Lipinski definition) is 1.